The number of hydrogen-bond donors (Lipinski definition) is 0. The Kier molecular flexibility index (Phi) is 4.65. The van der Waals surface area contributed by atoms with E-state index in [4.69, 9.17) is 11.6 Å². The minimum absolute atomic E-state index is 0.274. The Morgan fingerprint density at radius 2 is 1.88 bits per heavy atom. The third kappa shape index (κ3) is 3.51. The molecule has 0 N–H and O–H groups in total. The summed E-state index contributed by atoms with van der Waals surface area (Å²) in [5.74, 6) is 0. The van der Waals surface area contributed by atoms with E-state index in [1.54, 1.807) is 0 Å². The van der Waals surface area contributed by atoms with Crippen molar-refractivity contribution in [2.24, 2.45) is 0 Å². The van der Waals surface area contributed by atoms with Crippen molar-refractivity contribution < 1.29 is 0 Å². The molecule has 3 aromatic rings. The van der Waals surface area contributed by atoms with Crippen molar-refractivity contribution in [2.75, 3.05) is 6.54 Å². The molecule has 1 aromatic heterocycles. The maximum absolute atomic E-state index is 6.21. The highest BCUT2D eigenvalue weighted by Gasteiger charge is 2.27. The van der Waals surface area contributed by atoms with E-state index in [-0.39, 0.29) is 6.04 Å². The molecule has 0 aliphatic carbocycles. The highest BCUT2D eigenvalue weighted by atomic mass is 35.5. The number of nitrogens with zero attached hydrogens (tertiary/aromatic N) is 2. The van der Waals surface area contributed by atoms with Crippen LogP contribution in [0.25, 0.3) is 0 Å². The van der Waals surface area contributed by atoms with Crippen molar-refractivity contribution in [3.05, 3.63) is 94.3 Å². The number of aryl methyl sites for hydroxylation is 2. The van der Waals surface area contributed by atoms with E-state index in [9.17, 15) is 0 Å². The van der Waals surface area contributed by atoms with Crippen LogP contribution in [0.3, 0.4) is 0 Å². The lowest BCUT2D eigenvalue weighted by Crippen LogP contribution is -2.29. The van der Waals surface area contributed by atoms with Crippen LogP contribution >= 0.6 is 11.6 Å². The first-order valence-electron chi connectivity index (χ1n) is 8.91. The molecule has 0 saturated carbocycles. The Morgan fingerprint density at radius 1 is 1.00 bits per heavy atom. The molecule has 0 radical (unpaired) electrons. The van der Waals surface area contributed by atoms with Crippen LogP contribution in [-0.2, 0) is 13.1 Å². The van der Waals surface area contributed by atoms with Crippen LogP contribution in [0.15, 0.2) is 66.9 Å². The molecule has 1 aliphatic rings. The fourth-order valence-electron chi connectivity index (χ4n) is 3.90. The van der Waals surface area contributed by atoms with Gasteiger partial charge in [0.25, 0.3) is 0 Å². The van der Waals surface area contributed by atoms with Gasteiger partial charge in [-0.15, -0.1) is 0 Å². The summed E-state index contributed by atoms with van der Waals surface area (Å²) in [6.45, 7) is 5.23. The summed E-state index contributed by atoms with van der Waals surface area (Å²) in [5.41, 5.74) is 5.32. The van der Waals surface area contributed by atoms with E-state index >= 15 is 0 Å². The molecular formula is C22H23ClN2. The van der Waals surface area contributed by atoms with Gasteiger partial charge in [0.2, 0.25) is 0 Å². The van der Waals surface area contributed by atoms with E-state index in [1.165, 1.54) is 22.4 Å². The van der Waals surface area contributed by atoms with E-state index in [0.29, 0.717) is 0 Å². The molecule has 0 unspecified atom stereocenters. The van der Waals surface area contributed by atoms with Crippen LogP contribution < -0.4 is 0 Å². The van der Waals surface area contributed by atoms with Crippen LogP contribution in [0.4, 0.5) is 0 Å². The summed E-state index contributed by atoms with van der Waals surface area (Å²) in [6.07, 6.45) is 3.37. The predicted octanol–water partition coefficient (Wildman–Crippen LogP) is 5.45. The van der Waals surface area contributed by atoms with Gasteiger partial charge in [0.15, 0.2) is 0 Å². The van der Waals surface area contributed by atoms with Crippen molar-refractivity contribution in [3.8, 4) is 0 Å². The number of fused-ring (bicyclic) bond motifs is 1. The van der Waals surface area contributed by atoms with Gasteiger partial charge in [-0.1, -0.05) is 53.6 Å². The quantitative estimate of drug-likeness (QED) is 0.610. The number of hydrogen-bond acceptors (Lipinski definition) is 1. The molecule has 1 aliphatic heterocycles. The lowest BCUT2D eigenvalue weighted by atomic mass is 9.99. The topological polar surface area (TPSA) is 8.17 Å². The molecule has 0 fully saturated rings. The van der Waals surface area contributed by atoms with Gasteiger partial charge >= 0.3 is 0 Å². The van der Waals surface area contributed by atoms with Gasteiger partial charge in [-0.05, 0) is 48.7 Å². The molecule has 0 spiro atoms. The van der Waals surface area contributed by atoms with E-state index in [1.807, 2.05) is 12.1 Å². The highest BCUT2D eigenvalue weighted by Crippen LogP contribution is 2.33. The minimum atomic E-state index is 0.274. The second kappa shape index (κ2) is 7.07. The lowest BCUT2D eigenvalue weighted by molar-refractivity contribution is 0.220. The van der Waals surface area contributed by atoms with Gasteiger partial charge in [-0.2, -0.15) is 0 Å². The summed E-state index contributed by atoms with van der Waals surface area (Å²) in [5, 5.41) is 0.808. The number of aromatic nitrogens is 1. The van der Waals surface area contributed by atoms with E-state index in [0.717, 1.165) is 31.1 Å². The minimum Gasteiger partial charge on any atom is -0.350 e. The van der Waals surface area contributed by atoms with E-state index in [2.05, 4.69) is 71.1 Å². The summed E-state index contributed by atoms with van der Waals surface area (Å²) in [6, 6.07) is 21.9. The van der Waals surface area contributed by atoms with Gasteiger partial charge in [0.05, 0.1) is 6.04 Å². The van der Waals surface area contributed by atoms with Crippen LogP contribution in [-0.4, -0.2) is 16.0 Å². The van der Waals surface area contributed by atoms with Crippen molar-refractivity contribution in [1.82, 2.24) is 9.47 Å². The molecule has 2 nitrogen and oxygen atoms in total. The van der Waals surface area contributed by atoms with Crippen molar-refractivity contribution >= 4 is 11.6 Å². The largest absolute Gasteiger partial charge is 0.350 e. The Morgan fingerprint density at radius 3 is 2.72 bits per heavy atom. The van der Waals surface area contributed by atoms with Crippen LogP contribution in [0.1, 0.15) is 34.8 Å². The Balaban J connectivity index is 1.75. The fraction of sp³-hybridized carbons (Fsp3) is 0.273. The summed E-state index contributed by atoms with van der Waals surface area (Å²) >= 11 is 6.21. The van der Waals surface area contributed by atoms with Gasteiger partial charge in [-0.3, -0.25) is 4.90 Å². The van der Waals surface area contributed by atoms with Crippen LogP contribution in [0.2, 0.25) is 5.02 Å². The first-order chi connectivity index (χ1) is 12.2. The van der Waals surface area contributed by atoms with Gasteiger partial charge in [-0.25, -0.2) is 0 Å². The maximum Gasteiger partial charge on any atom is 0.0759 e. The zero-order valence-electron chi connectivity index (χ0n) is 14.5. The third-order valence-corrected chi connectivity index (χ3v) is 5.22. The first-order valence-corrected chi connectivity index (χ1v) is 9.28. The summed E-state index contributed by atoms with van der Waals surface area (Å²) < 4.78 is 2.41. The second-order valence-corrected chi connectivity index (χ2v) is 7.33. The number of benzene rings is 2. The molecule has 25 heavy (non-hydrogen) atoms. The average molecular weight is 351 g/mol. The highest BCUT2D eigenvalue weighted by molar-refractivity contribution is 6.30. The average Bonchev–Trinajstić information content (AvgIpc) is 2.96. The standard InChI is InChI=1S/C22H23ClN2/c1-17-6-2-8-19(14-17)22-21-10-4-11-24(21)12-5-13-25(22)16-18-7-3-9-20(23)15-18/h2-4,6-11,14-15,22H,5,12-13,16H2,1H3/t22-/m1/s1. The zero-order chi connectivity index (χ0) is 17.2. The first kappa shape index (κ1) is 16.4. The molecule has 0 amide bonds. The monoisotopic (exact) mass is 350 g/mol. The zero-order valence-corrected chi connectivity index (χ0v) is 15.3. The van der Waals surface area contributed by atoms with Crippen molar-refractivity contribution in [1.29, 1.82) is 0 Å². The molecule has 3 heteroatoms. The molecule has 0 saturated heterocycles. The van der Waals surface area contributed by atoms with Crippen LogP contribution in [0.5, 0.6) is 0 Å². The maximum atomic E-state index is 6.21. The molecule has 0 bridgehead atoms. The van der Waals surface area contributed by atoms with Crippen molar-refractivity contribution in [2.45, 2.75) is 32.5 Å². The summed E-state index contributed by atoms with van der Waals surface area (Å²) in [4.78, 5) is 2.58. The van der Waals surface area contributed by atoms with Crippen LogP contribution in [0, 0.1) is 6.92 Å². The molecule has 2 aromatic carbocycles. The second-order valence-electron chi connectivity index (χ2n) is 6.90. The Labute approximate surface area is 154 Å². The third-order valence-electron chi connectivity index (χ3n) is 4.99. The normalized spacial score (nSPS) is 17.9. The van der Waals surface area contributed by atoms with Gasteiger partial charge < -0.3 is 4.57 Å². The molecule has 4 rings (SSSR count). The Bertz CT molecular complexity index is 868. The van der Waals surface area contributed by atoms with Crippen molar-refractivity contribution in [3.63, 3.8) is 0 Å². The smallest absolute Gasteiger partial charge is 0.0759 e. The Hall–Kier alpha value is -2.03. The number of rotatable bonds is 3. The molecule has 1 atom stereocenters. The molecular weight excluding hydrogens is 328 g/mol. The van der Waals surface area contributed by atoms with E-state index < -0.39 is 0 Å². The SMILES string of the molecule is Cc1cccc([C@@H]2c3cccn3CCCN2Cc2cccc(Cl)c2)c1. The molecule has 2 heterocycles. The summed E-state index contributed by atoms with van der Waals surface area (Å²) in [7, 11) is 0. The van der Waals surface area contributed by atoms with Gasteiger partial charge in [0.1, 0.15) is 0 Å². The number of halogens is 1. The predicted molar refractivity (Wildman–Crippen MR) is 104 cm³/mol. The van der Waals surface area contributed by atoms with Gasteiger partial charge in [0, 0.05) is 36.5 Å². The lowest BCUT2D eigenvalue weighted by Gasteiger charge is -2.31. The molecule has 128 valence electrons. The fourth-order valence-corrected chi connectivity index (χ4v) is 4.11.